The second-order valence-corrected chi connectivity index (χ2v) is 35.7. The number of fused-ring (bicyclic) bond motifs is 2. The molecule has 5 N–H and O–H groups in total. The Labute approximate surface area is 677 Å². The van der Waals surface area contributed by atoms with Crippen molar-refractivity contribution in [3.05, 3.63) is 0 Å². The fourth-order valence-electron chi connectivity index (χ4n) is 13.9. The lowest BCUT2D eigenvalue weighted by Gasteiger charge is -2.46. The van der Waals surface area contributed by atoms with Crippen molar-refractivity contribution in [2.24, 2.45) is 74.9 Å². The summed E-state index contributed by atoms with van der Waals surface area (Å²) in [5.74, 6) is -11.5. The lowest BCUT2D eigenvalue weighted by atomic mass is 9.67. The Bertz CT molecular complexity index is 2960. The van der Waals surface area contributed by atoms with E-state index in [0.29, 0.717) is 83.8 Å². The molecule has 0 aromatic rings. The van der Waals surface area contributed by atoms with Gasteiger partial charge in [0.15, 0.2) is 50.4 Å². The van der Waals surface area contributed by atoms with Gasteiger partial charge >= 0.3 is 79.5 Å². The zero-order valence-corrected chi connectivity index (χ0v) is 71.1. The van der Waals surface area contributed by atoms with Crippen LogP contribution in [0.3, 0.4) is 0 Å². The molecule has 5 aliphatic rings. The van der Waals surface area contributed by atoms with Crippen molar-refractivity contribution >= 4 is 23.9 Å². The molecule has 2 bridgehead atoms. The molecule has 0 saturated heterocycles. The highest BCUT2D eigenvalue weighted by molar-refractivity contribution is 5.79. The summed E-state index contributed by atoms with van der Waals surface area (Å²) in [4.78, 5) is 47.1. The maximum Gasteiger partial charge on any atom is 0.425 e. The fraction of sp³-hybridized carbons (Fsp3) is 0.949. The zero-order valence-electron chi connectivity index (χ0n) is 71.1. The van der Waals surface area contributed by atoms with Crippen molar-refractivity contribution in [1.82, 2.24) is 0 Å². The van der Waals surface area contributed by atoms with Crippen molar-refractivity contribution in [2.45, 2.75) is 394 Å². The van der Waals surface area contributed by atoms with Gasteiger partial charge in [-0.05, 0) is 236 Å². The largest absolute Gasteiger partial charge is 0.462 e. The van der Waals surface area contributed by atoms with Gasteiger partial charge < -0.3 is 49.2 Å². The number of rotatable bonds is 20. The van der Waals surface area contributed by atoms with E-state index in [2.05, 4.69) is 32.4 Å². The van der Waals surface area contributed by atoms with Crippen molar-refractivity contribution in [3.63, 3.8) is 0 Å². The Morgan fingerprint density at radius 3 is 0.916 bits per heavy atom. The quantitative estimate of drug-likeness (QED) is 0.0436. The number of hydrogen-bond acceptors (Lipinski definition) is 14. The van der Waals surface area contributed by atoms with Crippen molar-refractivity contribution in [3.8, 4) is 0 Å². The van der Waals surface area contributed by atoms with Crippen molar-refractivity contribution < 1.29 is 187 Å². The summed E-state index contributed by atoms with van der Waals surface area (Å²) in [6.07, 6.45) is -46.5. The first kappa shape index (κ1) is 115. The SMILES string of the molecule is CC1C2CC(CC(C)(O)C(F)(F)F)C(C2)C1C.CCC(C)(C(=O)OC(C)(C)C)C(F)(F)F.CCC(C)(C(=O)OC1CC(C(C)(O)C(F)(F)F)CC(C(C)(O)C(F)(F)F)C1)C(F)(F)F.CCC(C)(C(=O)OC1CC(C(C)(O)C(F)(F)F)CC(C(C)(O)C(F)(F)F)C1)C(F)(F)F.CCC(C)(C)C(=O)OC(C)C(F)(F)F.CCC(C)OC1CCCCC1. The van der Waals surface area contributed by atoms with Crippen LogP contribution in [0.2, 0.25) is 0 Å². The van der Waals surface area contributed by atoms with Crippen LogP contribution in [0.25, 0.3) is 0 Å². The average Bonchev–Trinajstić information content (AvgIpc) is 1.71. The van der Waals surface area contributed by atoms with Gasteiger partial charge in [-0.1, -0.05) is 67.7 Å². The number of halogens is 27. The van der Waals surface area contributed by atoms with E-state index >= 15 is 0 Å². The summed E-state index contributed by atoms with van der Waals surface area (Å²) >= 11 is 0. The number of carbonyl (C=O) groups is 4. The van der Waals surface area contributed by atoms with E-state index in [1.165, 1.54) is 59.8 Å². The number of carbonyl (C=O) groups excluding carboxylic acids is 4. The molecule has 708 valence electrons. The molecule has 41 heteroatoms. The topological polar surface area (TPSA) is 216 Å². The molecule has 0 aromatic carbocycles. The van der Waals surface area contributed by atoms with E-state index in [1.54, 1.807) is 20.8 Å². The van der Waals surface area contributed by atoms with Crippen LogP contribution < -0.4 is 0 Å². The van der Waals surface area contributed by atoms with E-state index in [1.807, 2.05) is 0 Å². The number of ether oxygens (including phenoxy) is 5. The van der Waals surface area contributed by atoms with Crippen LogP contribution in [-0.4, -0.2) is 169 Å². The maximum absolute atomic E-state index is 13.3. The molecule has 5 rings (SSSR count). The van der Waals surface area contributed by atoms with E-state index in [4.69, 9.17) is 18.9 Å². The third kappa shape index (κ3) is 30.0. The molecule has 19 atom stereocenters. The van der Waals surface area contributed by atoms with E-state index in [-0.39, 0.29) is 18.8 Å². The minimum absolute atomic E-state index is 0.0443. The summed E-state index contributed by atoms with van der Waals surface area (Å²) in [6.45, 7) is 26.4. The Hall–Kier alpha value is -4.25. The molecule has 0 spiro atoms. The van der Waals surface area contributed by atoms with Gasteiger partial charge in [0.2, 0.25) is 0 Å². The summed E-state index contributed by atoms with van der Waals surface area (Å²) < 4.78 is 375. The predicted molar refractivity (Wildman–Crippen MR) is 380 cm³/mol. The van der Waals surface area contributed by atoms with Crippen molar-refractivity contribution in [1.29, 1.82) is 0 Å². The van der Waals surface area contributed by atoms with Gasteiger partial charge in [-0.25, -0.2) is 0 Å². The molecule has 5 aliphatic carbocycles. The van der Waals surface area contributed by atoms with Gasteiger partial charge in [0.05, 0.1) is 17.6 Å². The highest BCUT2D eigenvalue weighted by atomic mass is 19.4. The lowest BCUT2D eigenvalue weighted by Crippen LogP contribution is -2.57. The molecule has 19 unspecified atom stereocenters. The monoisotopic (exact) mass is 1800 g/mol. The van der Waals surface area contributed by atoms with E-state index in [0.717, 1.165) is 53.9 Å². The molecule has 14 nitrogen and oxygen atoms in total. The Balaban J connectivity index is 0.00000146. The first-order chi connectivity index (χ1) is 52.5. The first-order valence-electron chi connectivity index (χ1n) is 39.3. The molecule has 5 fully saturated rings. The van der Waals surface area contributed by atoms with Gasteiger partial charge in [-0.15, -0.1) is 0 Å². The summed E-state index contributed by atoms with van der Waals surface area (Å²) in [5.41, 5.74) is -26.9. The Kier molecular flexibility index (Phi) is 39.6. The first-order valence-corrected chi connectivity index (χ1v) is 39.3. The highest BCUT2D eigenvalue weighted by Crippen LogP contribution is 2.59. The number of hydrogen-bond donors (Lipinski definition) is 5. The molecule has 0 amide bonds. The summed E-state index contributed by atoms with van der Waals surface area (Å²) in [7, 11) is 0. The maximum atomic E-state index is 13.3. The van der Waals surface area contributed by atoms with Gasteiger partial charge in [-0.2, -0.15) is 119 Å². The molecular formula is C78H123F27O14. The fourth-order valence-corrected chi connectivity index (χ4v) is 13.9. The average molecular weight is 1800 g/mol. The number of alkyl halides is 27. The number of aliphatic hydroxyl groups is 5. The van der Waals surface area contributed by atoms with E-state index < -0.39 is 228 Å². The minimum atomic E-state index is -5.29. The van der Waals surface area contributed by atoms with Gasteiger partial charge in [-0.3, -0.25) is 19.2 Å². The Morgan fingerprint density at radius 2 is 0.681 bits per heavy atom. The summed E-state index contributed by atoms with van der Waals surface area (Å²) in [5, 5.41) is 49.3. The molecule has 5 saturated carbocycles. The molecule has 0 heterocycles. The molecular weight excluding hydrogens is 1670 g/mol. The van der Waals surface area contributed by atoms with E-state index in [9.17, 15) is 163 Å². The second-order valence-electron chi connectivity index (χ2n) is 35.7. The van der Waals surface area contributed by atoms with Crippen LogP contribution in [-0.2, 0) is 42.9 Å². The molecule has 0 aromatic heterocycles. The van der Waals surface area contributed by atoms with Crippen LogP contribution >= 0.6 is 0 Å². The standard InChI is InChI=1S/2C18H25F9O4.C13H21F3O.C10H17F3O2.C10H20O.C9H15F3O2/c2*1-5-13(2,16(19,20)21)12(28)31-11-7-9(14(3,29)17(22,23)24)6-10(8-11)15(4,30)18(25,26)27;1-7-8(2)11-5-9(7)4-10(11)6-12(3,17)13(14,15)16;1-6-9(5,10(11,12)13)7(14)15-8(2,3)4;1-3-9(2)11-10-7-5-4-6-8-10;1-5-8(3,4)7(13)14-6(2)9(10,11)12/h2*9-11,29-30H,5-8H2,1-4H3;7-11,17H,4-6H2,1-3H3;6H2,1-5H3;9-10H,3-8H2,1-2H3;6H,5H2,1-4H3. The van der Waals surface area contributed by atoms with Gasteiger partial charge in [0.25, 0.3) is 0 Å². The van der Waals surface area contributed by atoms with Crippen LogP contribution in [0.1, 0.15) is 274 Å². The molecule has 0 aliphatic heterocycles. The van der Waals surface area contributed by atoms with Crippen LogP contribution in [0, 0.1) is 74.9 Å². The smallest absolute Gasteiger partial charge is 0.425 e. The highest BCUT2D eigenvalue weighted by Gasteiger charge is 2.67. The van der Waals surface area contributed by atoms with Gasteiger partial charge in [0.1, 0.15) is 17.8 Å². The molecule has 119 heavy (non-hydrogen) atoms. The Morgan fingerprint density at radius 1 is 0.370 bits per heavy atom. The summed E-state index contributed by atoms with van der Waals surface area (Å²) in [6, 6.07) is 0. The minimum Gasteiger partial charge on any atom is -0.462 e. The van der Waals surface area contributed by atoms with Crippen LogP contribution in [0.15, 0.2) is 0 Å². The van der Waals surface area contributed by atoms with Crippen LogP contribution in [0.5, 0.6) is 0 Å². The normalized spacial score (nSPS) is 27.9. The van der Waals surface area contributed by atoms with Gasteiger partial charge in [0, 0.05) is 23.7 Å². The third-order valence-electron chi connectivity index (χ3n) is 25.1. The zero-order chi connectivity index (χ0) is 94.9. The third-order valence-corrected chi connectivity index (χ3v) is 25.1. The predicted octanol–water partition coefficient (Wildman–Crippen LogP) is 22.8. The van der Waals surface area contributed by atoms with Crippen LogP contribution in [0.4, 0.5) is 119 Å². The second kappa shape index (κ2) is 41.0. The molecule has 0 radical (unpaired) electrons. The lowest BCUT2D eigenvalue weighted by molar-refractivity contribution is -0.300. The number of esters is 4. The van der Waals surface area contributed by atoms with Crippen molar-refractivity contribution in [2.75, 3.05) is 0 Å².